The molecule has 0 radical (unpaired) electrons. The predicted molar refractivity (Wildman–Crippen MR) is 427 cm³/mol. The number of aliphatic hydroxyl groups excluding tert-OH is 5. The lowest BCUT2D eigenvalue weighted by Crippen LogP contribution is -2.52. The third-order valence-electron chi connectivity index (χ3n) is 17.7. The first kappa shape index (κ1) is 104. The molecule has 124 heavy (non-hydrogen) atoms. The van der Waals surface area contributed by atoms with Gasteiger partial charge in [0.2, 0.25) is 53.2 Å². The van der Waals surface area contributed by atoms with Crippen molar-refractivity contribution in [2.45, 2.75) is 115 Å². The van der Waals surface area contributed by atoms with Gasteiger partial charge in [-0.1, -0.05) is 0 Å². The van der Waals surface area contributed by atoms with Crippen molar-refractivity contribution in [1.29, 1.82) is 0 Å². The molecule has 692 valence electrons. The molecular weight excluding hydrogens is 1670 g/mol. The molecule has 46 heteroatoms. The molecule has 2 aliphatic rings. The number of nitrogens with one attached hydrogen (secondary N) is 8. The number of halogens is 2. The fourth-order valence-electron chi connectivity index (χ4n) is 11.1. The molecule has 0 saturated carbocycles. The van der Waals surface area contributed by atoms with E-state index < -0.39 is 184 Å². The summed E-state index contributed by atoms with van der Waals surface area (Å²) in [5, 5.41) is 66.4. The first-order chi connectivity index (χ1) is 59.6. The van der Waals surface area contributed by atoms with Crippen LogP contribution in [0.2, 0.25) is 0 Å². The van der Waals surface area contributed by atoms with Crippen LogP contribution >= 0.6 is 11.3 Å². The number of carbonyl (C=O) groups is 14. The number of aliphatic hydroxyl groups is 5. The van der Waals surface area contributed by atoms with Crippen LogP contribution in [0.15, 0.2) is 30.4 Å². The Balaban J connectivity index is 0.857. The number of amides is 11. The number of ketones is 1. The number of hydrogen-bond donors (Lipinski definition) is 13. The van der Waals surface area contributed by atoms with Gasteiger partial charge in [0.05, 0.1) is 203 Å². The topological polar surface area (TPSA) is 572 Å². The van der Waals surface area contributed by atoms with Gasteiger partial charge < -0.3 is 139 Å². The molecule has 6 atom stereocenters. The summed E-state index contributed by atoms with van der Waals surface area (Å²) in [5.41, 5.74) is 0.571. The number of nitrogens with zero attached hydrogens (tertiary/aromatic N) is 2. The Hall–Kier alpha value is -10.3. The Morgan fingerprint density at radius 3 is 1.53 bits per heavy atom. The Morgan fingerprint density at radius 1 is 0.508 bits per heavy atom. The van der Waals surface area contributed by atoms with Crippen LogP contribution in [0.3, 0.4) is 0 Å². The van der Waals surface area contributed by atoms with Crippen molar-refractivity contribution in [1.82, 2.24) is 52.3 Å². The van der Waals surface area contributed by atoms with E-state index in [4.69, 9.17) is 71.4 Å². The van der Waals surface area contributed by atoms with Gasteiger partial charge in [-0.3, -0.25) is 72.0 Å². The maximum atomic E-state index is 16.1. The third-order valence-corrected chi connectivity index (χ3v) is 18.8. The van der Waals surface area contributed by atoms with Gasteiger partial charge in [0.1, 0.15) is 37.0 Å². The molecule has 0 saturated heterocycles. The molecule has 0 unspecified atom stereocenters. The number of methoxy groups -OCH3 is 2. The van der Waals surface area contributed by atoms with E-state index in [1.54, 1.807) is 6.92 Å². The lowest BCUT2D eigenvalue weighted by Gasteiger charge is -2.25. The number of benzene rings is 2. The van der Waals surface area contributed by atoms with E-state index in [1.807, 2.05) is 0 Å². The fraction of sp³-hybridized carbons (Fsp3) is 0.615. The van der Waals surface area contributed by atoms with Crippen LogP contribution in [0, 0.1) is 11.6 Å². The minimum atomic E-state index is -1.79. The summed E-state index contributed by atoms with van der Waals surface area (Å²) in [5.74, 6) is -12.0. The van der Waals surface area contributed by atoms with E-state index >= 15 is 8.78 Å². The van der Waals surface area contributed by atoms with E-state index in [2.05, 4.69) is 42.5 Å². The number of esters is 2. The van der Waals surface area contributed by atoms with Gasteiger partial charge in [0.25, 0.3) is 11.8 Å². The van der Waals surface area contributed by atoms with E-state index in [-0.39, 0.29) is 169 Å². The largest absolute Gasteiger partial charge is 0.493 e. The number of ether oxygens (including phenoxy) is 14. The van der Waals surface area contributed by atoms with Gasteiger partial charge in [0.15, 0.2) is 40.4 Å². The summed E-state index contributed by atoms with van der Waals surface area (Å²) in [6.07, 6.45) is -7.62. The average Bonchev–Trinajstić information content (AvgIpc) is 1.62. The van der Waals surface area contributed by atoms with Gasteiger partial charge in [-0.2, -0.15) is 0 Å². The zero-order valence-corrected chi connectivity index (χ0v) is 70.3. The highest BCUT2D eigenvalue weighted by molar-refractivity contribution is 7.20. The monoisotopic (exact) mass is 1790 g/mol. The lowest BCUT2D eigenvalue weighted by atomic mass is 10.0. The molecule has 2 aromatic carbocycles. The Labute approximate surface area is 716 Å². The van der Waals surface area contributed by atoms with Crippen LogP contribution < -0.4 is 61.5 Å². The lowest BCUT2D eigenvalue weighted by molar-refractivity contribution is -0.150. The molecule has 13 N–H and O–H groups in total. The average molecular weight is 1790 g/mol. The number of imide groups is 1. The highest BCUT2D eigenvalue weighted by Gasteiger charge is 2.34. The molecule has 0 fully saturated rings. The molecule has 2 aliphatic heterocycles. The number of fused-ring (bicyclic) bond motifs is 2. The Morgan fingerprint density at radius 2 is 0.992 bits per heavy atom. The van der Waals surface area contributed by atoms with Crippen molar-refractivity contribution < 1.29 is 168 Å². The minimum Gasteiger partial charge on any atom is -0.493 e. The number of rotatable bonds is 67. The van der Waals surface area contributed by atoms with Gasteiger partial charge in [-0.05, 0) is 38.0 Å². The molecule has 0 aliphatic carbocycles. The van der Waals surface area contributed by atoms with E-state index in [9.17, 15) is 87.5 Å². The van der Waals surface area contributed by atoms with Crippen LogP contribution in [-0.2, 0) is 123 Å². The number of thiophene rings is 1. The van der Waals surface area contributed by atoms with Crippen molar-refractivity contribution in [2.24, 2.45) is 0 Å². The molecule has 11 amide bonds. The molecule has 0 spiro atoms. The molecule has 1 aromatic heterocycles. The van der Waals surface area contributed by atoms with Crippen molar-refractivity contribution in [3.05, 3.63) is 58.0 Å². The normalized spacial score (nSPS) is 13.7. The number of carbonyl (C=O) groups excluding carboxylic acids is 14. The highest BCUT2D eigenvalue weighted by atomic mass is 32.1. The first-order valence-electron chi connectivity index (χ1n) is 39.8. The minimum absolute atomic E-state index is 0.0283. The smallest absolute Gasteiger partial charge is 0.306 e. The second-order valence-corrected chi connectivity index (χ2v) is 28.2. The van der Waals surface area contributed by atoms with Crippen LogP contribution in [0.25, 0.3) is 10.1 Å². The van der Waals surface area contributed by atoms with Crippen molar-refractivity contribution in [3.8, 4) is 23.0 Å². The molecule has 0 bridgehead atoms. The van der Waals surface area contributed by atoms with Gasteiger partial charge in [-0.15, -0.1) is 11.3 Å². The van der Waals surface area contributed by atoms with Crippen LogP contribution in [-0.4, -0.2) is 353 Å². The standard InChI is InChI=1S/C78H112F2N10O33S/c1-5-120-70(105)13-8-53(92)59-36-50-58(124-59)37-57(111-4)77(72(50)79)122-18-6-17-121-76-56(110-3)35-49-44-89(45-51(49)73(76)80)67(102)12-14-71(106)123-48(2)38-82-60(95)9-7-52(88-66(101)46-90-68(103)10-11-69(90)104)78(109)87-43-65(100)86-42-64(99)85-41-63(98)84-40-62(97)81-16-20-113-22-24-115-26-28-117-30-32-119-34-33-118-31-29-116-27-25-114-23-21-112-19-15-61(96)83-39-54(93)74(107)75(108)55(94)47-91/h10-11,35-37,48,52,54-55,74-75,91,93-94,107-108H,5-9,12-34,38-47H2,1-4H3,(H,81,97)(H,82,95)(H,83,96)(H,84,98)(H,85,99)(H,86,100)(H,87,109)(H,88,101)/t48-,52-,54-,55+,74+,75+/m0/s1. The summed E-state index contributed by atoms with van der Waals surface area (Å²) in [6.45, 7) is 2.74. The summed E-state index contributed by atoms with van der Waals surface area (Å²) >= 11 is 1.04. The van der Waals surface area contributed by atoms with Crippen LogP contribution in [0.4, 0.5) is 8.78 Å². The fourth-order valence-corrected chi connectivity index (χ4v) is 12.2. The maximum Gasteiger partial charge on any atom is 0.306 e. The summed E-state index contributed by atoms with van der Waals surface area (Å²) in [7, 11) is 2.62. The molecule has 3 heterocycles. The van der Waals surface area contributed by atoms with Crippen molar-refractivity contribution >= 4 is 104 Å². The Kier molecular flexibility index (Phi) is 49.3. The third kappa shape index (κ3) is 39.2. The maximum absolute atomic E-state index is 16.1. The molecule has 43 nitrogen and oxygen atoms in total. The van der Waals surface area contributed by atoms with Crippen molar-refractivity contribution in [2.75, 3.05) is 199 Å². The Bertz CT molecular complexity index is 3990. The predicted octanol–water partition coefficient (Wildman–Crippen LogP) is -3.91. The van der Waals surface area contributed by atoms with E-state index in [1.165, 1.54) is 44.2 Å². The molecular formula is C78H112F2N10O33S. The second kappa shape index (κ2) is 58.7. The van der Waals surface area contributed by atoms with Gasteiger partial charge in [0, 0.05) is 92.2 Å². The van der Waals surface area contributed by atoms with Crippen LogP contribution in [0.1, 0.15) is 86.0 Å². The second-order valence-electron chi connectivity index (χ2n) is 27.1. The molecule has 5 rings (SSSR count). The highest BCUT2D eigenvalue weighted by Crippen LogP contribution is 2.42. The SMILES string of the molecule is CCOC(=O)CCC(=O)c1cc2c(F)c(OCCCOc3c(OC)cc4c(c3F)CN(C(=O)CCC(=O)O[C@@H](C)CNC(=O)CC[C@H](NC(=O)CN3C(=O)C=CC3=O)C(=O)NCC(=O)NCC(=O)NCC(=O)NCC(=O)NCCOCCOCCOCCOCCOCCOCCOCCOCCC(=O)NC[C@H](O)[C@@H](O)[C@H](O)[C@H](O)CO)C4)c(OC)cc2s1. The van der Waals surface area contributed by atoms with Gasteiger partial charge >= 0.3 is 11.9 Å². The van der Waals surface area contributed by atoms with Gasteiger partial charge in [-0.25, -0.2) is 8.78 Å². The van der Waals surface area contributed by atoms with Crippen molar-refractivity contribution in [3.63, 3.8) is 0 Å². The van der Waals surface area contributed by atoms with E-state index in [0.717, 1.165) is 23.5 Å². The zero-order valence-electron chi connectivity index (χ0n) is 69.4. The number of hydrogen-bond acceptors (Lipinski definition) is 34. The molecule has 3 aromatic rings. The quantitative estimate of drug-likeness (QED) is 0.0111. The first-order valence-corrected chi connectivity index (χ1v) is 40.6. The van der Waals surface area contributed by atoms with Crippen LogP contribution in [0.5, 0.6) is 23.0 Å². The summed E-state index contributed by atoms with van der Waals surface area (Å²) in [6, 6.07) is 2.89. The summed E-state index contributed by atoms with van der Waals surface area (Å²) in [4.78, 5) is 178. The number of Topliss-reactive ketones (excluding diaryl/α,β-unsaturated/α-hetero) is 1. The van der Waals surface area contributed by atoms with E-state index in [0.29, 0.717) is 81.2 Å². The summed E-state index contributed by atoms with van der Waals surface area (Å²) < 4.78 is 108. The zero-order chi connectivity index (χ0) is 90.7.